The lowest BCUT2D eigenvalue weighted by atomic mass is 10.1. The van der Waals surface area contributed by atoms with Gasteiger partial charge in [0.25, 0.3) is 5.91 Å². The van der Waals surface area contributed by atoms with Crippen LogP contribution in [0.4, 0.5) is 24.8 Å². The zero-order valence-electron chi connectivity index (χ0n) is 14.6. The molecule has 29 heavy (non-hydrogen) atoms. The Kier molecular flexibility index (Phi) is 4.93. The van der Waals surface area contributed by atoms with Crippen LogP contribution in [0.5, 0.6) is 0 Å². The number of nitrogens with one attached hydrogen (secondary N) is 2. The lowest BCUT2D eigenvalue weighted by Crippen LogP contribution is -2.26. The van der Waals surface area contributed by atoms with Gasteiger partial charge in [-0.15, -0.1) is 0 Å². The molecule has 4 rings (SSSR count). The number of hydrogen-bond donors (Lipinski definition) is 2. The van der Waals surface area contributed by atoms with Gasteiger partial charge in [-0.1, -0.05) is 17.7 Å². The quantitative estimate of drug-likeness (QED) is 0.677. The minimum atomic E-state index is -0.830. The van der Waals surface area contributed by atoms with E-state index in [1.165, 1.54) is 29.2 Å². The number of amides is 1. The molecule has 11 heteroatoms. The molecule has 0 fully saturated rings. The summed E-state index contributed by atoms with van der Waals surface area (Å²) in [5, 5.41) is 9.40. The van der Waals surface area contributed by atoms with E-state index in [1.54, 1.807) is 0 Å². The predicted octanol–water partition coefficient (Wildman–Crippen LogP) is 3.40. The number of nitrogens with zero attached hydrogens (tertiary/aromatic N) is 4. The molecule has 0 bridgehead atoms. The Morgan fingerprint density at radius 3 is 2.72 bits per heavy atom. The van der Waals surface area contributed by atoms with Crippen LogP contribution in [0.15, 0.2) is 41.7 Å². The van der Waals surface area contributed by atoms with E-state index in [-0.39, 0.29) is 40.3 Å². The standard InChI is InChI=1S/C18H12ClF3N6O/c19-10-8-25-28-13-6-9(18(29)23-5-4-20)7-24-15(13)26-16(27-17(10)28)14-11(21)2-1-3-12(14)22/h1-3,6-8H,4-5H2,(H,23,29)(H,24,26,27). The second kappa shape index (κ2) is 7.55. The number of aromatic nitrogens is 3. The summed E-state index contributed by atoms with van der Waals surface area (Å²) in [6, 6.07) is 4.86. The third-order valence-electron chi connectivity index (χ3n) is 4.09. The highest BCUT2D eigenvalue weighted by Crippen LogP contribution is 2.34. The van der Waals surface area contributed by atoms with Crippen LogP contribution in [-0.2, 0) is 0 Å². The summed E-state index contributed by atoms with van der Waals surface area (Å²) in [6.07, 6.45) is 2.55. The molecule has 2 aromatic heterocycles. The van der Waals surface area contributed by atoms with Gasteiger partial charge in [0.2, 0.25) is 0 Å². The first-order valence-corrected chi connectivity index (χ1v) is 8.75. The largest absolute Gasteiger partial charge is 0.349 e. The summed E-state index contributed by atoms with van der Waals surface area (Å²) in [7, 11) is 0. The van der Waals surface area contributed by atoms with Crippen molar-refractivity contribution < 1.29 is 18.0 Å². The summed E-state index contributed by atoms with van der Waals surface area (Å²) < 4.78 is 42.2. The number of hydrogen-bond acceptors (Lipinski definition) is 5. The van der Waals surface area contributed by atoms with Gasteiger partial charge in [0.05, 0.1) is 17.3 Å². The zero-order chi connectivity index (χ0) is 20.5. The van der Waals surface area contributed by atoms with Crippen molar-refractivity contribution >= 4 is 35.0 Å². The summed E-state index contributed by atoms with van der Waals surface area (Å²) in [5.41, 5.74) is 0.0168. The summed E-state index contributed by atoms with van der Waals surface area (Å²) in [4.78, 5) is 20.5. The van der Waals surface area contributed by atoms with E-state index in [1.807, 2.05) is 0 Å². The molecule has 0 atom stereocenters. The number of benzene rings is 1. The first-order chi connectivity index (χ1) is 14.0. The molecule has 0 spiro atoms. The summed E-state index contributed by atoms with van der Waals surface area (Å²) >= 11 is 6.15. The fourth-order valence-electron chi connectivity index (χ4n) is 2.79. The van der Waals surface area contributed by atoms with Gasteiger partial charge >= 0.3 is 0 Å². The molecule has 0 saturated carbocycles. The number of carbonyl (C=O) groups excluding carboxylic acids is 1. The first-order valence-electron chi connectivity index (χ1n) is 8.38. The molecule has 0 radical (unpaired) electrons. The number of pyridine rings is 1. The molecule has 3 heterocycles. The highest BCUT2D eigenvalue weighted by molar-refractivity contribution is 6.33. The van der Waals surface area contributed by atoms with E-state index in [2.05, 4.69) is 25.7 Å². The Labute approximate surface area is 167 Å². The molecule has 1 amide bonds. The van der Waals surface area contributed by atoms with Gasteiger partial charge in [0, 0.05) is 12.7 Å². The van der Waals surface area contributed by atoms with Crippen LogP contribution in [0.3, 0.4) is 0 Å². The molecule has 0 unspecified atom stereocenters. The van der Waals surface area contributed by atoms with Crippen molar-refractivity contribution in [3.63, 3.8) is 0 Å². The lowest BCUT2D eigenvalue weighted by molar-refractivity contribution is 0.0950. The van der Waals surface area contributed by atoms with Gasteiger partial charge in [-0.25, -0.2) is 27.8 Å². The Hall–Kier alpha value is -3.40. The number of halogens is 4. The van der Waals surface area contributed by atoms with Crippen LogP contribution in [0, 0.1) is 11.6 Å². The van der Waals surface area contributed by atoms with Crippen molar-refractivity contribution in [2.75, 3.05) is 18.5 Å². The SMILES string of the molecule is O=C(NCCF)c1cnc2c(c1)-n1ncc(Cl)c1N=C(c1c(F)cccc1F)N2. The van der Waals surface area contributed by atoms with Crippen LogP contribution in [0.1, 0.15) is 15.9 Å². The van der Waals surface area contributed by atoms with Crippen LogP contribution in [-0.4, -0.2) is 39.7 Å². The average molecular weight is 421 g/mol. The maximum atomic E-state index is 14.3. The Morgan fingerprint density at radius 2 is 2.00 bits per heavy atom. The Bertz CT molecular complexity index is 1130. The summed E-state index contributed by atoms with van der Waals surface area (Å²) in [5.74, 6) is -2.12. The topological polar surface area (TPSA) is 84.2 Å². The van der Waals surface area contributed by atoms with Crippen molar-refractivity contribution in [2.24, 2.45) is 4.99 Å². The van der Waals surface area contributed by atoms with Crippen LogP contribution < -0.4 is 10.6 Å². The molecule has 2 N–H and O–H groups in total. The third kappa shape index (κ3) is 3.42. The minimum absolute atomic E-state index is 0.0960. The van der Waals surface area contributed by atoms with Crippen LogP contribution in [0.2, 0.25) is 5.02 Å². The van der Waals surface area contributed by atoms with Gasteiger partial charge in [0.15, 0.2) is 11.6 Å². The molecule has 1 aromatic carbocycles. The molecule has 1 aliphatic rings. The number of aliphatic imine (C=N–C) groups is 1. The van der Waals surface area contributed by atoms with Crippen molar-refractivity contribution in [2.45, 2.75) is 0 Å². The smallest absolute Gasteiger partial charge is 0.253 e. The zero-order valence-corrected chi connectivity index (χ0v) is 15.3. The molecule has 148 valence electrons. The average Bonchev–Trinajstić information content (AvgIpc) is 2.97. The molecular weight excluding hydrogens is 409 g/mol. The molecule has 0 aliphatic carbocycles. The summed E-state index contributed by atoms with van der Waals surface area (Å²) in [6.45, 7) is -0.858. The van der Waals surface area contributed by atoms with E-state index in [9.17, 15) is 18.0 Å². The van der Waals surface area contributed by atoms with E-state index in [4.69, 9.17) is 11.6 Å². The monoisotopic (exact) mass is 420 g/mol. The number of carbonyl (C=O) groups is 1. The number of fused-ring (bicyclic) bond motifs is 3. The Balaban J connectivity index is 1.86. The van der Waals surface area contributed by atoms with Crippen LogP contribution in [0.25, 0.3) is 5.69 Å². The van der Waals surface area contributed by atoms with Gasteiger partial charge < -0.3 is 10.6 Å². The van der Waals surface area contributed by atoms with E-state index >= 15 is 0 Å². The van der Waals surface area contributed by atoms with Gasteiger partial charge in [-0.3, -0.25) is 4.79 Å². The highest BCUT2D eigenvalue weighted by atomic mass is 35.5. The number of rotatable bonds is 4. The van der Waals surface area contributed by atoms with Gasteiger partial charge in [-0.05, 0) is 18.2 Å². The van der Waals surface area contributed by atoms with Crippen LogP contribution >= 0.6 is 11.6 Å². The highest BCUT2D eigenvalue weighted by Gasteiger charge is 2.25. The maximum Gasteiger partial charge on any atom is 0.253 e. The van der Waals surface area contributed by atoms with E-state index in [0.29, 0.717) is 0 Å². The third-order valence-corrected chi connectivity index (χ3v) is 4.36. The molecule has 7 nitrogen and oxygen atoms in total. The number of anilines is 1. The molecule has 3 aromatic rings. The molecule has 0 saturated heterocycles. The van der Waals surface area contributed by atoms with Crippen molar-refractivity contribution in [3.05, 3.63) is 64.4 Å². The van der Waals surface area contributed by atoms with Crippen molar-refractivity contribution in [1.29, 1.82) is 0 Å². The van der Waals surface area contributed by atoms with Gasteiger partial charge in [0.1, 0.15) is 34.9 Å². The second-order valence-corrected chi connectivity index (χ2v) is 6.35. The van der Waals surface area contributed by atoms with E-state index < -0.39 is 29.8 Å². The van der Waals surface area contributed by atoms with Gasteiger partial charge in [-0.2, -0.15) is 5.10 Å². The predicted molar refractivity (Wildman–Crippen MR) is 101 cm³/mol. The Morgan fingerprint density at radius 1 is 1.24 bits per heavy atom. The second-order valence-electron chi connectivity index (χ2n) is 5.95. The van der Waals surface area contributed by atoms with Crippen molar-refractivity contribution in [3.8, 4) is 5.69 Å². The fraction of sp³-hybridized carbons (Fsp3) is 0.111. The minimum Gasteiger partial charge on any atom is -0.349 e. The lowest BCUT2D eigenvalue weighted by Gasteiger charge is -2.12. The molecular formula is C18H12ClF3N6O. The van der Waals surface area contributed by atoms with Crippen molar-refractivity contribution in [1.82, 2.24) is 20.1 Å². The normalized spacial score (nSPS) is 12.3. The molecule has 1 aliphatic heterocycles. The number of amidine groups is 1. The first kappa shape index (κ1) is 18.9. The van der Waals surface area contributed by atoms with E-state index in [0.717, 1.165) is 12.1 Å². The number of alkyl halides is 1. The maximum absolute atomic E-state index is 14.3. The fourth-order valence-corrected chi connectivity index (χ4v) is 2.95.